The van der Waals surface area contributed by atoms with Crippen LogP contribution in [0.3, 0.4) is 0 Å². The number of hydrogen-bond donors (Lipinski definition) is 2. The standard InChI is InChI=1S/C22H26N2O4/c1-12(2)6-9-24-10-8-21-17-13-3-4-14(20(23)26)18(17)28-19(21)15(25)5-7-22(21,27)16(24)11-13/h3-4,6,16,19,27H,5,7-11H2,1-2H3,(H2,23,26)/t16-,19+,21?,22-/m1/s1. The summed E-state index contributed by atoms with van der Waals surface area (Å²) in [5.41, 5.74) is 7.24. The van der Waals surface area contributed by atoms with E-state index < -0.39 is 23.0 Å². The number of ketones is 1. The highest BCUT2D eigenvalue weighted by molar-refractivity contribution is 5.98. The predicted octanol–water partition coefficient (Wildman–Crippen LogP) is 1.47. The Morgan fingerprint density at radius 2 is 2.18 bits per heavy atom. The summed E-state index contributed by atoms with van der Waals surface area (Å²) in [6.45, 7) is 5.72. The van der Waals surface area contributed by atoms with Crippen LogP contribution in [0.2, 0.25) is 0 Å². The van der Waals surface area contributed by atoms with E-state index in [4.69, 9.17) is 10.5 Å². The van der Waals surface area contributed by atoms with Crippen molar-refractivity contribution in [1.82, 2.24) is 4.90 Å². The zero-order chi connectivity index (χ0) is 19.8. The second kappa shape index (κ2) is 5.67. The zero-order valence-electron chi connectivity index (χ0n) is 16.3. The van der Waals surface area contributed by atoms with E-state index >= 15 is 0 Å². The lowest BCUT2D eigenvalue weighted by Gasteiger charge is -2.62. The molecule has 2 fully saturated rings. The first kappa shape index (κ1) is 17.9. The van der Waals surface area contributed by atoms with Crippen LogP contribution in [0.5, 0.6) is 5.75 Å². The quantitative estimate of drug-likeness (QED) is 0.773. The van der Waals surface area contributed by atoms with Gasteiger partial charge in [-0.2, -0.15) is 0 Å². The van der Waals surface area contributed by atoms with Crippen molar-refractivity contribution in [2.45, 2.75) is 62.7 Å². The molecular formula is C22H26N2O4. The first-order chi connectivity index (χ1) is 13.3. The average molecular weight is 382 g/mol. The fraction of sp³-hybridized carbons (Fsp3) is 0.545. The van der Waals surface area contributed by atoms with Gasteiger partial charge in [-0.05, 0) is 44.7 Å². The van der Waals surface area contributed by atoms with Gasteiger partial charge in [0.2, 0.25) is 0 Å². The number of aliphatic hydroxyl groups is 1. The van der Waals surface area contributed by atoms with Gasteiger partial charge in [-0.1, -0.05) is 17.7 Å². The number of amides is 1. The van der Waals surface area contributed by atoms with Crippen LogP contribution >= 0.6 is 0 Å². The number of primary amides is 1. The van der Waals surface area contributed by atoms with Gasteiger partial charge in [-0.15, -0.1) is 0 Å². The first-order valence-electron chi connectivity index (χ1n) is 10.0. The number of piperidine rings is 1. The molecule has 3 N–H and O–H groups in total. The molecule has 28 heavy (non-hydrogen) atoms. The molecule has 1 spiro atoms. The molecule has 6 heteroatoms. The van der Waals surface area contributed by atoms with E-state index in [9.17, 15) is 14.7 Å². The van der Waals surface area contributed by atoms with Gasteiger partial charge in [0, 0.05) is 31.1 Å². The Hall–Kier alpha value is -2.18. The minimum atomic E-state index is -1.05. The molecule has 0 aromatic heterocycles. The van der Waals surface area contributed by atoms with E-state index in [-0.39, 0.29) is 11.8 Å². The molecule has 1 saturated carbocycles. The Bertz CT molecular complexity index is 935. The molecule has 0 radical (unpaired) electrons. The second-order valence-electron chi connectivity index (χ2n) is 8.95. The number of hydrogen-bond acceptors (Lipinski definition) is 5. The van der Waals surface area contributed by atoms with E-state index in [0.29, 0.717) is 37.0 Å². The molecule has 4 atom stereocenters. The molecule has 2 aliphatic carbocycles. The molecule has 1 aromatic carbocycles. The number of benzene rings is 1. The van der Waals surface area contributed by atoms with Crippen LogP contribution < -0.4 is 10.5 Å². The Morgan fingerprint density at radius 1 is 1.39 bits per heavy atom. The van der Waals surface area contributed by atoms with Crippen molar-refractivity contribution in [3.8, 4) is 5.75 Å². The van der Waals surface area contributed by atoms with Crippen molar-refractivity contribution in [1.29, 1.82) is 0 Å². The Morgan fingerprint density at radius 3 is 2.89 bits per heavy atom. The molecule has 1 unspecified atom stereocenters. The molecule has 2 aliphatic heterocycles. The van der Waals surface area contributed by atoms with Gasteiger partial charge in [-0.3, -0.25) is 14.5 Å². The maximum Gasteiger partial charge on any atom is 0.252 e. The van der Waals surface area contributed by atoms with Gasteiger partial charge in [0.1, 0.15) is 5.75 Å². The number of ether oxygens (including phenoxy) is 1. The second-order valence-corrected chi connectivity index (χ2v) is 8.95. The minimum Gasteiger partial charge on any atom is -0.480 e. The molecule has 2 bridgehead atoms. The number of allylic oxidation sites excluding steroid dienone is 1. The third-order valence-electron chi connectivity index (χ3n) is 7.39. The number of nitrogens with zero attached hydrogens (tertiary/aromatic N) is 1. The highest BCUT2D eigenvalue weighted by Crippen LogP contribution is 2.63. The van der Waals surface area contributed by atoms with Crippen molar-refractivity contribution in [3.63, 3.8) is 0 Å². The fourth-order valence-corrected chi connectivity index (χ4v) is 6.14. The lowest BCUT2D eigenvalue weighted by atomic mass is 9.49. The molecular weight excluding hydrogens is 356 g/mol. The van der Waals surface area contributed by atoms with E-state index in [1.807, 2.05) is 6.07 Å². The highest BCUT2D eigenvalue weighted by Gasteiger charge is 2.72. The van der Waals surface area contributed by atoms with Crippen LogP contribution in [0.25, 0.3) is 0 Å². The summed E-state index contributed by atoms with van der Waals surface area (Å²) in [5.74, 6) is -0.118. The third kappa shape index (κ3) is 2.00. The normalized spacial score (nSPS) is 35.2. The van der Waals surface area contributed by atoms with Crippen molar-refractivity contribution in [2.75, 3.05) is 13.1 Å². The molecule has 148 valence electrons. The lowest BCUT2D eigenvalue weighted by molar-refractivity contribution is -0.187. The number of likely N-dealkylation sites (tertiary alicyclic amines) is 1. The van der Waals surface area contributed by atoms with Gasteiger partial charge >= 0.3 is 0 Å². The Balaban J connectivity index is 1.72. The van der Waals surface area contributed by atoms with Crippen LogP contribution in [0, 0.1) is 0 Å². The van der Waals surface area contributed by atoms with Crippen molar-refractivity contribution >= 4 is 11.7 Å². The van der Waals surface area contributed by atoms with Crippen LogP contribution in [0.4, 0.5) is 0 Å². The van der Waals surface area contributed by atoms with E-state index in [1.54, 1.807) is 6.07 Å². The topological polar surface area (TPSA) is 92.9 Å². The average Bonchev–Trinajstić information content (AvgIpc) is 2.98. The van der Waals surface area contributed by atoms with Crippen LogP contribution in [-0.2, 0) is 16.6 Å². The molecule has 1 aromatic rings. The number of Topliss-reactive ketones (excluding diaryl/α,β-unsaturated/α-hetero) is 1. The van der Waals surface area contributed by atoms with Gasteiger partial charge in [-0.25, -0.2) is 0 Å². The third-order valence-corrected chi connectivity index (χ3v) is 7.39. The first-order valence-corrected chi connectivity index (χ1v) is 10.0. The lowest BCUT2D eigenvalue weighted by Crippen LogP contribution is -2.76. The largest absolute Gasteiger partial charge is 0.480 e. The van der Waals surface area contributed by atoms with Gasteiger partial charge in [0.15, 0.2) is 11.9 Å². The van der Waals surface area contributed by atoms with Gasteiger partial charge in [0.25, 0.3) is 5.91 Å². The molecule has 6 nitrogen and oxygen atoms in total. The summed E-state index contributed by atoms with van der Waals surface area (Å²) in [4.78, 5) is 27.2. The summed E-state index contributed by atoms with van der Waals surface area (Å²) in [7, 11) is 0. The molecule has 1 saturated heterocycles. The summed E-state index contributed by atoms with van der Waals surface area (Å²) >= 11 is 0. The number of nitrogens with two attached hydrogens (primary N) is 1. The van der Waals surface area contributed by atoms with E-state index in [1.165, 1.54) is 5.57 Å². The molecule has 1 amide bonds. The van der Waals surface area contributed by atoms with Crippen molar-refractivity contribution < 1.29 is 19.4 Å². The smallest absolute Gasteiger partial charge is 0.252 e. The summed E-state index contributed by atoms with van der Waals surface area (Å²) in [5, 5.41) is 12.1. The molecule has 5 rings (SSSR count). The van der Waals surface area contributed by atoms with Crippen LogP contribution in [-0.4, -0.2) is 52.5 Å². The predicted molar refractivity (Wildman–Crippen MR) is 103 cm³/mol. The molecule has 2 heterocycles. The summed E-state index contributed by atoms with van der Waals surface area (Å²) in [6, 6.07) is 3.56. The Labute approximate surface area is 164 Å². The fourth-order valence-electron chi connectivity index (χ4n) is 6.14. The van der Waals surface area contributed by atoms with Crippen molar-refractivity contribution in [2.24, 2.45) is 5.73 Å². The zero-order valence-corrected chi connectivity index (χ0v) is 16.3. The summed E-state index contributed by atoms with van der Waals surface area (Å²) in [6.07, 6.45) is 3.51. The molecule has 4 aliphatic rings. The monoisotopic (exact) mass is 382 g/mol. The number of carbonyl (C=O) groups is 2. The Kier molecular flexibility index (Phi) is 3.62. The van der Waals surface area contributed by atoms with Gasteiger partial charge in [0.05, 0.1) is 16.6 Å². The van der Waals surface area contributed by atoms with Crippen LogP contribution in [0.1, 0.15) is 54.6 Å². The van der Waals surface area contributed by atoms with Gasteiger partial charge < -0.3 is 15.6 Å². The highest BCUT2D eigenvalue weighted by atomic mass is 16.5. The minimum absolute atomic E-state index is 0.0145. The van der Waals surface area contributed by atoms with Crippen LogP contribution in [0.15, 0.2) is 23.8 Å². The van der Waals surface area contributed by atoms with E-state index in [2.05, 4.69) is 24.8 Å². The number of carbonyl (C=O) groups excluding carboxylic acids is 2. The number of rotatable bonds is 3. The maximum absolute atomic E-state index is 12.9. The summed E-state index contributed by atoms with van der Waals surface area (Å²) < 4.78 is 6.14. The SMILES string of the molecule is CC(C)=CCN1CCC23c4c5ccc(C(N)=O)c4O[C@H]2C(=O)CC[C@@]3(O)[C@H]1C5. The van der Waals surface area contributed by atoms with Crippen molar-refractivity contribution in [3.05, 3.63) is 40.5 Å². The maximum atomic E-state index is 12.9. The van der Waals surface area contributed by atoms with E-state index in [0.717, 1.165) is 24.2 Å².